The summed E-state index contributed by atoms with van der Waals surface area (Å²) in [7, 11) is -18.9. The number of aromatic amines is 1. The van der Waals surface area contributed by atoms with Crippen molar-refractivity contribution >= 4 is 128 Å². The first-order chi connectivity index (χ1) is 50.9. The molecule has 10 N–H and O–H groups in total. The number of alkyl carbamates (subject to hydrolysis) is 1. The lowest BCUT2D eigenvalue weighted by atomic mass is 9.81. The van der Waals surface area contributed by atoms with E-state index in [2.05, 4.69) is 114 Å². The maximum atomic E-state index is 13.2. The molecule has 3 unspecified atom stereocenters. The molecule has 2 amide bonds. The Bertz CT molecular complexity index is 4340. The van der Waals surface area contributed by atoms with Crippen LogP contribution in [0.1, 0.15) is 136 Å². The Morgan fingerprint density at radius 3 is 2.32 bits per heavy atom. The van der Waals surface area contributed by atoms with E-state index in [9.17, 15) is 55.6 Å². The van der Waals surface area contributed by atoms with Crippen molar-refractivity contribution in [2.24, 2.45) is 0 Å². The monoisotopic (exact) mass is 1660 g/mol. The average molecular weight is 1660 g/mol. The number of hydrogen-bond acceptors (Lipinski definition) is 25. The number of phosphoric acid groups is 3. The van der Waals surface area contributed by atoms with Crippen molar-refractivity contribution in [1.82, 2.24) is 25.2 Å². The number of para-hydroxylation sites is 1. The molecule has 0 saturated carbocycles. The first-order valence-electron chi connectivity index (χ1n) is 34.7. The van der Waals surface area contributed by atoms with Gasteiger partial charge in [-0.2, -0.15) is 26.6 Å². The molecular formula is C68H98N8O24P3S5+. The van der Waals surface area contributed by atoms with E-state index < -0.39 is 91.1 Å². The summed E-state index contributed by atoms with van der Waals surface area (Å²) in [5, 5.41) is 5.61. The zero-order valence-corrected chi connectivity index (χ0v) is 68.2. The van der Waals surface area contributed by atoms with Gasteiger partial charge in [0, 0.05) is 97.4 Å². The highest BCUT2D eigenvalue weighted by atomic mass is 33.1. The fraction of sp³-hybridized carbons (Fsp3) is 0.559. The number of ether oxygens (including phenoxy) is 7. The number of carbonyl (C=O) groups is 3. The van der Waals surface area contributed by atoms with Crippen molar-refractivity contribution < 1.29 is 112 Å². The van der Waals surface area contributed by atoms with E-state index in [1.807, 2.05) is 39.8 Å². The fourth-order valence-electron chi connectivity index (χ4n) is 12.0. The van der Waals surface area contributed by atoms with Gasteiger partial charge >= 0.3 is 35.5 Å². The number of nitrogen functional groups attached to an aromatic ring is 1. The van der Waals surface area contributed by atoms with Gasteiger partial charge in [0.25, 0.3) is 15.7 Å². The normalized spacial score (nSPS) is 18.8. The quantitative estimate of drug-likeness (QED) is 0.00229. The Morgan fingerprint density at radius 1 is 0.889 bits per heavy atom. The zero-order valence-electron chi connectivity index (χ0n) is 61.5. The van der Waals surface area contributed by atoms with E-state index >= 15 is 0 Å². The number of H-pyrrole nitrogens is 1. The number of aromatic nitrogens is 3. The molecule has 2 aromatic heterocycles. The predicted octanol–water partition coefficient (Wildman–Crippen LogP) is 9.54. The van der Waals surface area contributed by atoms with Gasteiger partial charge in [-0.15, -0.1) is 0 Å². The van der Waals surface area contributed by atoms with Gasteiger partial charge in [0.1, 0.15) is 24.8 Å². The first kappa shape index (κ1) is 89.7. The summed E-state index contributed by atoms with van der Waals surface area (Å²) >= 11 is 5.23. The van der Waals surface area contributed by atoms with Crippen LogP contribution in [0.3, 0.4) is 0 Å². The van der Waals surface area contributed by atoms with Crippen LogP contribution in [0.5, 0.6) is 0 Å². The summed E-state index contributed by atoms with van der Waals surface area (Å²) in [6.07, 6.45) is 14.2. The Balaban J connectivity index is 0.692. The van der Waals surface area contributed by atoms with Crippen molar-refractivity contribution in [3.05, 3.63) is 112 Å². The molecule has 3 aliphatic heterocycles. The second-order valence-corrected chi connectivity index (χ2v) is 38.5. The molecule has 0 aliphatic carbocycles. The molecule has 1 fully saturated rings. The van der Waals surface area contributed by atoms with Crippen molar-refractivity contribution in [3.8, 4) is 11.8 Å². The molecule has 40 heteroatoms. The maximum Gasteiger partial charge on any atom is 0.490 e. The van der Waals surface area contributed by atoms with Crippen LogP contribution in [0.25, 0.3) is 11.0 Å². The number of fused-ring (bicyclic) bond motifs is 3. The van der Waals surface area contributed by atoms with E-state index in [1.165, 1.54) is 44.6 Å². The van der Waals surface area contributed by atoms with E-state index in [4.69, 9.17) is 64.4 Å². The van der Waals surface area contributed by atoms with Gasteiger partial charge in [-0.25, -0.2) is 18.5 Å². The van der Waals surface area contributed by atoms with Crippen LogP contribution >= 0.6 is 45.1 Å². The number of hydrogen-bond donors (Lipinski definition) is 9. The molecule has 3 aliphatic rings. The highest BCUT2D eigenvalue weighted by molar-refractivity contribution is 8.77. The summed E-state index contributed by atoms with van der Waals surface area (Å²) in [6.45, 7) is 18.0. The van der Waals surface area contributed by atoms with Crippen LogP contribution in [-0.2, 0) is 111 Å². The molecule has 108 heavy (non-hydrogen) atoms. The number of likely N-dealkylation sites (N-methyl/N-ethyl adjacent to an activating group) is 1. The summed E-state index contributed by atoms with van der Waals surface area (Å²) in [4.78, 5) is 97.0. The van der Waals surface area contributed by atoms with Gasteiger partial charge in [-0.3, -0.25) is 28.4 Å². The van der Waals surface area contributed by atoms with Gasteiger partial charge in [-0.05, 0) is 114 Å². The largest absolute Gasteiger partial charge is 0.490 e. The second kappa shape index (κ2) is 41.3. The second-order valence-electron chi connectivity index (χ2n) is 26.7. The van der Waals surface area contributed by atoms with Crippen LogP contribution in [0, 0.1) is 11.8 Å². The molecule has 0 spiro atoms. The van der Waals surface area contributed by atoms with Crippen molar-refractivity contribution in [2.75, 3.05) is 108 Å². The maximum absolute atomic E-state index is 13.2. The lowest BCUT2D eigenvalue weighted by Gasteiger charge is -2.25. The van der Waals surface area contributed by atoms with E-state index in [-0.39, 0.29) is 95.1 Å². The molecule has 0 bridgehead atoms. The van der Waals surface area contributed by atoms with Gasteiger partial charge in [0.2, 0.25) is 17.5 Å². The number of nitrogens with two attached hydrogens (primary N) is 1. The topological polar surface area (TPSA) is 437 Å². The van der Waals surface area contributed by atoms with Crippen molar-refractivity contribution in [2.45, 2.75) is 152 Å². The number of amides is 2. The van der Waals surface area contributed by atoms with Gasteiger partial charge < -0.3 is 78.6 Å². The Labute approximate surface area is 643 Å². The minimum atomic E-state index is -5.80. The molecule has 32 nitrogen and oxygen atoms in total. The average Bonchev–Trinajstić information content (AvgIpc) is 1.60. The summed E-state index contributed by atoms with van der Waals surface area (Å²) in [6, 6.07) is 13.2. The molecule has 7 rings (SSSR count). The summed E-state index contributed by atoms with van der Waals surface area (Å²) < 4.78 is 125. The number of nitrogens with one attached hydrogen (secondary N) is 3. The minimum Gasteiger partial charge on any atom is -0.466 e. The van der Waals surface area contributed by atoms with Crippen molar-refractivity contribution in [3.63, 3.8) is 0 Å². The number of anilines is 2. The highest BCUT2D eigenvalue weighted by Crippen LogP contribution is 2.66. The van der Waals surface area contributed by atoms with Crippen LogP contribution < -0.4 is 26.8 Å². The number of phosphoric ester groups is 1. The molecular weight excluding hydrogens is 1570 g/mol. The smallest absolute Gasteiger partial charge is 0.466 e. The fourth-order valence-corrected chi connectivity index (χ4v) is 18.4. The summed E-state index contributed by atoms with van der Waals surface area (Å²) in [5.41, 5.74) is 11.2. The van der Waals surface area contributed by atoms with E-state index in [1.54, 1.807) is 29.2 Å². The predicted molar refractivity (Wildman–Crippen MR) is 415 cm³/mol. The molecule has 0 radical (unpaired) electrons. The van der Waals surface area contributed by atoms with E-state index in [0.717, 1.165) is 36.3 Å². The number of esters is 1. The molecule has 1 saturated heterocycles. The Morgan fingerprint density at radius 2 is 1.61 bits per heavy atom. The Hall–Kier alpha value is -5.49. The number of carbonyl (C=O) groups excluding carboxylic acids is 3. The molecule has 2 aromatic carbocycles. The zero-order chi connectivity index (χ0) is 79.1. The van der Waals surface area contributed by atoms with Crippen LogP contribution in [-0.4, -0.2) is 189 Å². The number of allylic oxidation sites excluding steroid dienone is 6. The van der Waals surface area contributed by atoms with Gasteiger partial charge in [0.05, 0.1) is 86.0 Å². The minimum absolute atomic E-state index is 0.0161. The third-order valence-corrected chi connectivity index (χ3v) is 25.6. The number of benzene rings is 2. The van der Waals surface area contributed by atoms with Gasteiger partial charge in [0.15, 0.2) is 11.4 Å². The summed E-state index contributed by atoms with van der Waals surface area (Å²) in [5.74, 6) is 5.39. The number of rotatable bonds is 45. The van der Waals surface area contributed by atoms with Crippen LogP contribution in [0.4, 0.5) is 22.1 Å². The van der Waals surface area contributed by atoms with Crippen molar-refractivity contribution in [1.29, 1.82) is 0 Å². The lowest BCUT2D eigenvalue weighted by Crippen LogP contribution is -2.30. The Kier molecular flexibility index (Phi) is 34.3. The molecule has 6 atom stereocenters. The number of nitrogens with zero attached hydrogens (tertiary/aromatic N) is 4. The number of unbranched alkanes of at least 4 members (excludes halogenated alkanes) is 3. The third kappa shape index (κ3) is 27.7. The lowest BCUT2D eigenvalue weighted by molar-refractivity contribution is -0.438. The SMILES string of the molecule is CCN1\C(=C/C=C/C=C/C2=[N+](CCCCCC(=O)NCCOCCOCCNC(=O)OCCC(C)(C)SSCOCCCCOC(=O)CCC#Cc3cn([C@H]4C[C@H](OCS(C)=S)[C@@H](COP(=O)(O)OP(=O)(O)OP(=O)(O)O)O4)c4nc(N)[nH]c(=O)c34)c3ccc(S(=O)(=O)O)cc3C2(C)C)C(C)(C)c2ccccc21. The van der Waals surface area contributed by atoms with Crippen LogP contribution in [0.2, 0.25) is 0 Å². The standard InChI is InChI=1S/C68H97N8O24P3S5/c1-9-74-52-24-17-16-23-50(52)67(4,5)56(74)25-12-10-13-26-57-68(6,7)51-42-49(108(88,89)90)29-30-53(51)75(57)34-19-11-14-27-58(77)70-32-38-91-40-41-92-39-33-71-65(80)95-37-31-66(2,3)106-105-46-93-35-20-21-36-94-60(78)28-18-15-22-48-44-76(62-61(48)63(79)73-64(69)72-62)59-43-54(96-47-107(8)104)55(98-59)45-97-102(84,85)100-103(86,87)99-101(81,82)83/h10,12-13,16-17,23-26,29-30,42,44,54-55,59H,9,11,14,18-21,27-28,31-41,43,45-47H2,1-8H3,(H9-,69,70,71,72,73,77,79,80,81,82,83,84,85,86,87,88,89,90)/p+1/t54-,55+,59+,107?/m0/s1. The van der Waals surface area contributed by atoms with Crippen LogP contribution in [0.15, 0.2) is 94.4 Å². The highest BCUT2D eigenvalue weighted by Gasteiger charge is 2.47. The first-order valence-corrected chi connectivity index (χ1v) is 45.7. The third-order valence-electron chi connectivity index (χ3n) is 17.2. The molecule has 5 heterocycles. The molecule has 598 valence electrons. The van der Waals surface area contributed by atoms with E-state index in [0.29, 0.717) is 77.6 Å². The molecule has 4 aromatic rings. The van der Waals surface area contributed by atoms with Gasteiger partial charge in [-0.1, -0.05) is 93.2 Å².